The van der Waals surface area contributed by atoms with E-state index in [0.29, 0.717) is 28.1 Å². The van der Waals surface area contributed by atoms with Gasteiger partial charge in [0.2, 0.25) is 5.91 Å². The van der Waals surface area contributed by atoms with Crippen molar-refractivity contribution in [2.45, 2.75) is 97.5 Å². The van der Waals surface area contributed by atoms with Crippen LogP contribution < -0.4 is 5.32 Å². The molecule has 8 heteroatoms. The van der Waals surface area contributed by atoms with E-state index in [1.54, 1.807) is 40.8 Å². The van der Waals surface area contributed by atoms with Gasteiger partial charge in [-0.1, -0.05) is 71.7 Å². The molecule has 1 aromatic carbocycles. The highest BCUT2D eigenvalue weighted by Crippen LogP contribution is 2.41. The Bertz CT molecular complexity index is 1470. The van der Waals surface area contributed by atoms with Crippen molar-refractivity contribution in [1.82, 2.24) is 14.9 Å². The predicted octanol–water partition coefficient (Wildman–Crippen LogP) is 8.06. The lowest BCUT2D eigenvalue weighted by Gasteiger charge is -2.38. The molecule has 0 fully saturated rings. The number of amides is 2. The van der Waals surface area contributed by atoms with Gasteiger partial charge in [-0.05, 0) is 61.8 Å². The zero-order chi connectivity index (χ0) is 31.4. The first-order valence-electron chi connectivity index (χ1n) is 14.7. The van der Waals surface area contributed by atoms with Gasteiger partial charge in [-0.2, -0.15) is 0 Å². The van der Waals surface area contributed by atoms with Crippen LogP contribution in [-0.2, 0) is 9.53 Å². The standard InChI is InChI=1S/C34H46N4O3Si/c1-22(2)42(23(3)4,24(5)6)19-18-30-28(29-21-35-20-26-14-12-13-15-27(26)29)16-17-31(36-30)37-32(39)25(7)38(11)33(40)41-34(8,9)10/h12-17,20-25H,1-11H3,(H,36,37,39). The zero-order valence-corrected chi connectivity index (χ0v) is 28.0. The van der Waals surface area contributed by atoms with E-state index in [1.807, 2.05) is 36.7 Å². The highest BCUT2D eigenvalue weighted by atomic mass is 28.3. The van der Waals surface area contributed by atoms with Crippen LogP contribution >= 0.6 is 0 Å². The molecule has 0 saturated heterocycles. The fourth-order valence-electron chi connectivity index (χ4n) is 5.67. The van der Waals surface area contributed by atoms with Crippen LogP contribution in [0.4, 0.5) is 10.6 Å². The van der Waals surface area contributed by atoms with Gasteiger partial charge in [0.1, 0.15) is 31.2 Å². The van der Waals surface area contributed by atoms with Gasteiger partial charge in [-0.15, -0.1) is 5.54 Å². The molecule has 2 amide bonds. The molecule has 1 atom stereocenters. The lowest BCUT2D eigenvalue weighted by Crippen LogP contribution is -2.45. The first-order valence-corrected chi connectivity index (χ1v) is 17.0. The molecule has 3 aromatic rings. The average molecular weight is 587 g/mol. The van der Waals surface area contributed by atoms with Crippen molar-refractivity contribution in [3.8, 4) is 22.6 Å². The smallest absolute Gasteiger partial charge is 0.410 e. The number of aromatic nitrogens is 2. The molecule has 224 valence electrons. The number of hydrogen-bond acceptors (Lipinski definition) is 5. The Labute approximate surface area is 252 Å². The van der Waals surface area contributed by atoms with Crippen molar-refractivity contribution in [2.75, 3.05) is 12.4 Å². The van der Waals surface area contributed by atoms with Crippen molar-refractivity contribution in [3.63, 3.8) is 0 Å². The molecule has 0 aliphatic carbocycles. The highest BCUT2D eigenvalue weighted by molar-refractivity contribution is 6.90. The van der Waals surface area contributed by atoms with Crippen molar-refractivity contribution in [1.29, 1.82) is 0 Å². The van der Waals surface area contributed by atoms with Crippen LogP contribution in [0.15, 0.2) is 48.8 Å². The van der Waals surface area contributed by atoms with Gasteiger partial charge < -0.3 is 10.1 Å². The highest BCUT2D eigenvalue weighted by Gasteiger charge is 2.41. The summed E-state index contributed by atoms with van der Waals surface area (Å²) in [5.41, 5.74) is 6.90. The number of carbonyl (C=O) groups excluding carboxylic acids is 2. The van der Waals surface area contributed by atoms with E-state index in [4.69, 9.17) is 9.72 Å². The van der Waals surface area contributed by atoms with Crippen LogP contribution in [0.3, 0.4) is 0 Å². The van der Waals surface area contributed by atoms with Gasteiger partial charge in [0.05, 0.1) is 0 Å². The van der Waals surface area contributed by atoms with Crippen LogP contribution in [0, 0.1) is 11.5 Å². The molecule has 7 nitrogen and oxygen atoms in total. The lowest BCUT2D eigenvalue weighted by molar-refractivity contribution is -0.120. The predicted molar refractivity (Wildman–Crippen MR) is 175 cm³/mol. The zero-order valence-electron chi connectivity index (χ0n) is 27.0. The lowest BCUT2D eigenvalue weighted by atomic mass is 10.00. The average Bonchev–Trinajstić information content (AvgIpc) is 2.91. The molecular weight excluding hydrogens is 540 g/mol. The van der Waals surface area contributed by atoms with E-state index in [1.165, 1.54) is 4.90 Å². The summed E-state index contributed by atoms with van der Waals surface area (Å²) in [5.74, 6) is 3.51. The summed E-state index contributed by atoms with van der Waals surface area (Å²) in [7, 11) is -0.516. The first kappa shape index (κ1) is 32.8. The van der Waals surface area contributed by atoms with Crippen molar-refractivity contribution < 1.29 is 14.3 Å². The summed E-state index contributed by atoms with van der Waals surface area (Å²) in [6, 6.07) is 11.1. The monoisotopic (exact) mass is 586 g/mol. The van der Waals surface area contributed by atoms with Crippen LogP contribution in [0.1, 0.15) is 74.9 Å². The fourth-order valence-corrected chi connectivity index (χ4v) is 10.9. The Morgan fingerprint density at radius 3 is 2.12 bits per heavy atom. The number of ether oxygens (including phenoxy) is 1. The summed E-state index contributed by atoms with van der Waals surface area (Å²) in [6.07, 6.45) is 3.13. The van der Waals surface area contributed by atoms with Gasteiger partial charge in [0.25, 0.3) is 0 Å². The second kappa shape index (κ2) is 13.1. The topological polar surface area (TPSA) is 84.4 Å². The van der Waals surface area contributed by atoms with Crippen LogP contribution in [0.5, 0.6) is 0 Å². The number of fused-ring (bicyclic) bond motifs is 1. The number of benzene rings is 1. The number of likely N-dealkylation sites (N-methyl/N-ethyl adjacent to an activating group) is 1. The Morgan fingerprint density at radius 1 is 0.905 bits per heavy atom. The number of hydrogen-bond donors (Lipinski definition) is 1. The summed E-state index contributed by atoms with van der Waals surface area (Å²) >= 11 is 0. The second-order valence-corrected chi connectivity index (χ2v) is 18.5. The number of rotatable bonds is 7. The molecule has 0 saturated carbocycles. The minimum atomic E-state index is -2.06. The van der Waals surface area contributed by atoms with E-state index < -0.39 is 25.8 Å². The molecule has 0 aliphatic rings. The molecule has 2 heterocycles. The van der Waals surface area contributed by atoms with Gasteiger partial charge in [0.15, 0.2) is 0 Å². The number of nitrogens with zero attached hydrogens (tertiary/aromatic N) is 3. The van der Waals surface area contributed by atoms with Crippen molar-refractivity contribution in [2.24, 2.45) is 0 Å². The number of anilines is 1. The maximum absolute atomic E-state index is 13.2. The van der Waals surface area contributed by atoms with E-state index in [2.05, 4.69) is 69.4 Å². The molecule has 1 unspecified atom stereocenters. The Balaban J connectivity index is 2.10. The van der Waals surface area contributed by atoms with E-state index in [0.717, 1.165) is 21.9 Å². The molecule has 1 N–H and O–H groups in total. The quantitative estimate of drug-likeness (QED) is 0.224. The Morgan fingerprint density at radius 2 is 1.52 bits per heavy atom. The fraction of sp³-hybridized carbons (Fsp3) is 0.471. The molecule has 0 radical (unpaired) electrons. The maximum Gasteiger partial charge on any atom is 0.410 e. The summed E-state index contributed by atoms with van der Waals surface area (Å²) in [5, 5.41) is 4.98. The van der Waals surface area contributed by atoms with Crippen LogP contribution in [-0.4, -0.2) is 53.6 Å². The van der Waals surface area contributed by atoms with Crippen LogP contribution in [0.25, 0.3) is 21.9 Å². The van der Waals surface area contributed by atoms with E-state index in [-0.39, 0.29) is 5.91 Å². The minimum absolute atomic E-state index is 0.371. The SMILES string of the molecule is CC(C(=O)Nc1ccc(-c2cncc3ccccc23)c(C#C[Si](C(C)C)(C(C)C)C(C)C)n1)N(C)C(=O)OC(C)(C)C. The molecule has 3 rings (SSSR count). The number of carbonyl (C=O) groups is 2. The molecule has 0 bridgehead atoms. The van der Waals surface area contributed by atoms with E-state index in [9.17, 15) is 9.59 Å². The summed E-state index contributed by atoms with van der Waals surface area (Å²) in [4.78, 5) is 36.4. The summed E-state index contributed by atoms with van der Waals surface area (Å²) < 4.78 is 5.43. The van der Waals surface area contributed by atoms with Crippen molar-refractivity contribution >= 4 is 36.7 Å². The molecule has 42 heavy (non-hydrogen) atoms. The number of nitrogens with one attached hydrogen (secondary N) is 1. The first-order chi connectivity index (χ1) is 19.6. The molecule has 0 aliphatic heterocycles. The minimum Gasteiger partial charge on any atom is -0.444 e. The van der Waals surface area contributed by atoms with Gasteiger partial charge in [-0.25, -0.2) is 9.78 Å². The summed E-state index contributed by atoms with van der Waals surface area (Å²) in [6.45, 7) is 20.7. The van der Waals surface area contributed by atoms with Gasteiger partial charge in [0, 0.05) is 36.0 Å². The maximum atomic E-state index is 13.2. The third kappa shape index (κ3) is 7.19. The van der Waals surface area contributed by atoms with E-state index >= 15 is 0 Å². The number of pyridine rings is 2. The second-order valence-electron chi connectivity index (χ2n) is 12.9. The third-order valence-electron chi connectivity index (χ3n) is 8.01. The molecule has 2 aromatic heterocycles. The normalized spacial score (nSPS) is 12.7. The third-order valence-corrected chi connectivity index (χ3v) is 14.3. The van der Waals surface area contributed by atoms with Gasteiger partial charge in [-0.3, -0.25) is 14.7 Å². The van der Waals surface area contributed by atoms with Crippen molar-refractivity contribution in [3.05, 3.63) is 54.5 Å². The largest absolute Gasteiger partial charge is 0.444 e. The molecule has 0 spiro atoms. The molecular formula is C34H46N4O3Si. The Kier molecular flexibility index (Phi) is 10.2. The van der Waals surface area contributed by atoms with Gasteiger partial charge >= 0.3 is 6.09 Å². The Hall–Kier alpha value is -3.70. The van der Waals surface area contributed by atoms with Crippen LogP contribution in [0.2, 0.25) is 16.6 Å².